The number of nitrogens with one attached hydrogen (secondary N) is 2. The first kappa shape index (κ1) is 15.1. The van der Waals surface area contributed by atoms with Gasteiger partial charge in [0.15, 0.2) is 5.78 Å². The highest BCUT2D eigenvalue weighted by molar-refractivity contribution is 7.86. The number of hydrogen-bond acceptors (Lipinski definition) is 3. The summed E-state index contributed by atoms with van der Waals surface area (Å²) in [6.07, 6.45) is 1.25. The summed E-state index contributed by atoms with van der Waals surface area (Å²) in [6, 6.07) is 5.33. The number of halogens is 1. The summed E-state index contributed by atoms with van der Waals surface area (Å²) in [5.41, 5.74) is 3.12. The van der Waals surface area contributed by atoms with E-state index in [0.29, 0.717) is 29.3 Å². The molecule has 0 saturated heterocycles. The van der Waals surface area contributed by atoms with E-state index in [0.717, 1.165) is 17.0 Å². The number of rotatable bonds is 5. The van der Waals surface area contributed by atoms with Crippen molar-refractivity contribution in [3.05, 3.63) is 34.5 Å². The van der Waals surface area contributed by atoms with Gasteiger partial charge in [-0.1, -0.05) is 18.5 Å². The van der Waals surface area contributed by atoms with Crippen LogP contribution in [0.3, 0.4) is 0 Å². The van der Waals surface area contributed by atoms with Gasteiger partial charge in [-0.15, -0.1) is 0 Å². The van der Waals surface area contributed by atoms with Gasteiger partial charge in [-0.25, -0.2) is 4.21 Å². The minimum Gasteiger partial charge on any atom is -0.357 e. The third-order valence-corrected chi connectivity index (χ3v) is 4.54. The van der Waals surface area contributed by atoms with Crippen molar-refractivity contribution in [1.29, 1.82) is 0 Å². The van der Waals surface area contributed by atoms with Crippen molar-refractivity contribution in [2.75, 3.05) is 15.8 Å². The molecule has 1 aromatic rings. The molecule has 1 aliphatic carbocycles. The monoisotopic (exact) mass is 312 g/mol. The number of allylic oxidation sites excluding steroid dienone is 2. The molecule has 108 valence electrons. The molecular formula is C14H17ClN2O2S. The second kappa shape index (κ2) is 6.41. The van der Waals surface area contributed by atoms with Gasteiger partial charge in [0.05, 0.1) is 10.7 Å². The molecule has 1 aliphatic rings. The summed E-state index contributed by atoms with van der Waals surface area (Å²) in [7, 11) is -1.10. The van der Waals surface area contributed by atoms with Crippen LogP contribution in [0.25, 0.3) is 0 Å². The number of Topliss-reactive ketones (excluding diaryl/α,β-unsaturated/α-hetero) is 1. The normalized spacial score (nSPS) is 16.4. The molecule has 1 aromatic carbocycles. The zero-order valence-corrected chi connectivity index (χ0v) is 13.0. The lowest BCUT2D eigenvalue weighted by molar-refractivity contribution is -0.114. The molecule has 0 fully saturated rings. The highest BCUT2D eigenvalue weighted by Crippen LogP contribution is 2.30. The first-order valence-electron chi connectivity index (χ1n) is 6.45. The van der Waals surface area contributed by atoms with E-state index in [1.165, 1.54) is 0 Å². The highest BCUT2D eigenvalue weighted by atomic mass is 35.5. The van der Waals surface area contributed by atoms with E-state index in [1.807, 2.05) is 13.8 Å². The number of carbonyl (C=O) groups is 1. The summed E-state index contributed by atoms with van der Waals surface area (Å²) < 4.78 is 14.4. The topological polar surface area (TPSA) is 58.2 Å². The van der Waals surface area contributed by atoms with E-state index in [1.54, 1.807) is 18.2 Å². The Bertz CT molecular complexity index is 599. The van der Waals surface area contributed by atoms with Gasteiger partial charge in [-0.05, 0) is 31.5 Å². The zero-order chi connectivity index (χ0) is 14.7. The molecule has 4 nitrogen and oxygen atoms in total. The second-order valence-corrected chi connectivity index (χ2v) is 6.46. The molecular weight excluding hydrogens is 296 g/mol. The molecule has 0 amide bonds. The molecule has 6 heteroatoms. The molecule has 1 atom stereocenters. The molecule has 0 aromatic heterocycles. The van der Waals surface area contributed by atoms with E-state index >= 15 is 0 Å². The first-order chi connectivity index (χ1) is 9.51. The van der Waals surface area contributed by atoms with E-state index in [4.69, 9.17) is 11.6 Å². The van der Waals surface area contributed by atoms with Gasteiger partial charge in [-0.2, -0.15) is 0 Å². The van der Waals surface area contributed by atoms with Crippen LogP contribution in [0.1, 0.15) is 26.7 Å². The summed E-state index contributed by atoms with van der Waals surface area (Å²) in [5.74, 6) is 0.703. The summed E-state index contributed by atoms with van der Waals surface area (Å²) >= 11 is 6.16. The van der Waals surface area contributed by atoms with Crippen LogP contribution in [-0.2, 0) is 15.8 Å². The Morgan fingerprint density at radius 3 is 2.70 bits per heavy atom. The maximum absolute atomic E-state index is 11.5. The van der Waals surface area contributed by atoms with Crippen molar-refractivity contribution < 1.29 is 9.00 Å². The Labute approximate surface area is 126 Å². The summed E-state index contributed by atoms with van der Waals surface area (Å²) in [5, 5.41) is 3.78. The van der Waals surface area contributed by atoms with Gasteiger partial charge in [0, 0.05) is 29.1 Å². The minimum absolute atomic E-state index is 0.171. The lowest BCUT2D eigenvalue weighted by atomic mass is 10.2. The van der Waals surface area contributed by atoms with Crippen LogP contribution in [0.4, 0.5) is 11.4 Å². The fourth-order valence-electron chi connectivity index (χ4n) is 1.99. The van der Waals surface area contributed by atoms with Crippen molar-refractivity contribution in [1.82, 2.24) is 0 Å². The highest BCUT2D eigenvalue weighted by Gasteiger charge is 2.19. The van der Waals surface area contributed by atoms with E-state index in [2.05, 4.69) is 10.0 Å². The Balaban J connectivity index is 2.21. The Hall–Kier alpha value is -1.33. The summed E-state index contributed by atoms with van der Waals surface area (Å²) in [6.45, 7) is 3.66. The maximum Gasteiger partial charge on any atom is 0.160 e. The average Bonchev–Trinajstić information content (AvgIpc) is 2.74. The summed E-state index contributed by atoms with van der Waals surface area (Å²) in [4.78, 5) is 11.5. The van der Waals surface area contributed by atoms with Gasteiger partial charge in [-0.3, -0.25) is 4.79 Å². The van der Waals surface area contributed by atoms with Gasteiger partial charge in [0.2, 0.25) is 0 Å². The average molecular weight is 313 g/mol. The molecule has 0 aliphatic heterocycles. The maximum atomic E-state index is 11.5. The van der Waals surface area contributed by atoms with Crippen molar-refractivity contribution in [3.8, 4) is 0 Å². The van der Waals surface area contributed by atoms with Crippen molar-refractivity contribution >= 4 is 39.7 Å². The molecule has 0 bridgehead atoms. The lowest BCUT2D eigenvalue weighted by Crippen LogP contribution is -2.07. The van der Waals surface area contributed by atoms with Crippen LogP contribution in [0.2, 0.25) is 5.02 Å². The first-order valence-corrected chi connectivity index (χ1v) is 8.15. The number of benzene rings is 1. The molecule has 2 N–H and O–H groups in total. The van der Waals surface area contributed by atoms with E-state index in [-0.39, 0.29) is 5.78 Å². The van der Waals surface area contributed by atoms with E-state index < -0.39 is 11.0 Å². The van der Waals surface area contributed by atoms with Gasteiger partial charge < -0.3 is 10.0 Å². The molecule has 0 saturated carbocycles. The fourth-order valence-corrected chi connectivity index (χ4v) is 2.69. The predicted octanol–water partition coefficient (Wildman–Crippen LogP) is 3.48. The van der Waals surface area contributed by atoms with Crippen molar-refractivity contribution in [2.24, 2.45) is 0 Å². The SMILES string of the molecule is CCS(=O)Nc1ccc(Cl)c(NC2=C(C)C(=O)CC2)c1. The molecule has 0 radical (unpaired) electrons. The van der Waals surface area contributed by atoms with Gasteiger partial charge in [0.1, 0.15) is 11.0 Å². The largest absolute Gasteiger partial charge is 0.357 e. The van der Waals surface area contributed by atoms with Crippen molar-refractivity contribution in [3.63, 3.8) is 0 Å². The molecule has 1 unspecified atom stereocenters. The molecule has 2 rings (SSSR count). The number of anilines is 2. The van der Waals surface area contributed by atoms with Crippen LogP contribution in [-0.4, -0.2) is 15.7 Å². The lowest BCUT2D eigenvalue weighted by Gasteiger charge is -2.12. The Morgan fingerprint density at radius 2 is 2.10 bits per heavy atom. The second-order valence-electron chi connectivity index (χ2n) is 4.58. The molecule has 0 heterocycles. The van der Waals surface area contributed by atoms with Crippen molar-refractivity contribution in [2.45, 2.75) is 26.7 Å². The molecule has 20 heavy (non-hydrogen) atoms. The Morgan fingerprint density at radius 1 is 1.35 bits per heavy atom. The quantitative estimate of drug-likeness (QED) is 0.875. The minimum atomic E-state index is -1.10. The number of ketones is 1. The fraction of sp³-hybridized carbons (Fsp3) is 0.357. The van der Waals surface area contributed by atoms with Crippen LogP contribution >= 0.6 is 11.6 Å². The third kappa shape index (κ3) is 3.41. The third-order valence-electron chi connectivity index (χ3n) is 3.22. The standard InChI is InChI=1S/C14H17ClN2O2S/c1-3-20(19)17-10-4-5-11(15)13(8-10)16-12-6-7-14(18)9(12)2/h4-5,8,16-17H,3,6-7H2,1-2H3. The van der Waals surface area contributed by atoms with Crippen LogP contribution < -0.4 is 10.0 Å². The van der Waals surface area contributed by atoms with E-state index in [9.17, 15) is 9.00 Å². The van der Waals surface area contributed by atoms with Crippen LogP contribution in [0.15, 0.2) is 29.5 Å². The van der Waals surface area contributed by atoms with Crippen LogP contribution in [0.5, 0.6) is 0 Å². The van der Waals surface area contributed by atoms with Crippen LogP contribution in [0, 0.1) is 0 Å². The molecule has 0 spiro atoms. The smallest absolute Gasteiger partial charge is 0.160 e. The Kier molecular flexibility index (Phi) is 4.83. The zero-order valence-electron chi connectivity index (χ0n) is 11.5. The van der Waals surface area contributed by atoms with Gasteiger partial charge >= 0.3 is 0 Å². The van der Waals surface area contributed by atoms with Gasteiger partial charge in [0.25, 0.3) is 0 Å². The predicted molar refractivity (Wildman–Crippen MR) is 84.3 cm³/mol. The number of carbonyl (C=O) groups excluding carboxylic acids is 1. The number of hydrogen-bond donors (Lipinski definition) is 2.